The Morgan fingerprint density at radius 2 is 1.96 bits per heavy atom. The number of carbonyl (C=O) groups is 2. The van der Waals surface area contributed by atoms with E-state index in [-0.39, 0.29) is 5.56 Å². The number of nitrogens with zero attached hydrogens (tertiary/aromatic N) is 3. The molecular formula is C16H16N4O3. The summed E-state index contributed by atoms with van der Waals surface area (Å²) in [6.07, 6.45) is 0. The summed E-state index contributed by atoms with van der Waals surface area (Å²) in [6, 6.07) is 7.95. The average molecular weight is 312 g/mol. The highest BCUT2D eigenvalue weighted by Gasteiger charge is 2.14. The second kappa shape index (κ2) is 6.75. The van der Waals surface area contributed by atoms with E-state index in [1.54, 1.807) is 18.7 Å². The molecule has 0 saturated carbocycles. The molecule has 7 nitrogen and oxygen atoms in total. The number of nitriles is 1. The van der Waals surface area contributed by atoms with Crippen LogP contribution < -0.4 is 5.32 Å². The van der Waals surface area contributed by atoms with Crippen molar-refractivity contribution in [3.63, 3.8) is 0 Å². The van der Waals surface area contributed by atoms with Gasteiger partial charge >= 0.3 is 5.97 Å². The number of benzene rings is 1. The van der Waals surface area contributed by atoms with Crippen LogP contribution in [-0.2, 0) is 16.6 Å². The summed E-state index contributed by atoms with van der Waals surface area (Å²) < 4.78 is 6.62. The molecule has 0 radical (unpaired) electrons. The molecule has 1 aromatic carbocycles. The number of ether oxygens (including phenoxy) is 1. The fraction of sp³-hybridized carbons (Fsp3) is 0.250. The van der Waals surface area contributed by atoms with Crippen LogP contribution in [-0.4, -0.2) is 28.3 Å². The van der Waals surface area contributed by atoms with Crippen LogP contribution in [0.4, 0.5) is 5.69 Å². The van der Waals surface area contributed by atoms with E-state index in [1.807, 2.05) is 13.0 Å². The predicted molar refractivity (Wildman–Crippen MR) is 82.8 cm³/mol. The van der Waals surface area contributed by atoms with Crippen molar-refractivity contribution in [1.82, 2.24) is 9.78 Å². The number of carbonyl (C=O) groups excluding carboxylic acids is 2. The SMILES string of the molecule is Cc1nn(C)c(C)c1NC(=O)COC(=O)c1ccc(C#N)cc1. The molecule has 0 aliphatic heterocycles. The number of amides is 1. The Hall–Kier alpha value is -3.14. The highest BCUT2D eigenvalue weighted by molar-refractivity contribution is 5.96. The molecule has 0 bridgehead atoms. The van der Waals surface area contributed by atoms with Crippen molar-refractivity contribution in [2.75, 3.05) is 11.9 Å². The van der Waals surface area contributed by atoms with Crippen molar-refractivity contribution in [2.24, 2.45) is 7.05 Å². The van der Waals surface area contributed by atoms with Gasteiger partial charge in [-0.25, -0.2) is 4.79 Å². The highest BCUT2D eigenvalue weighted by atomic mass is 16.5. The third kappa shape index (κ3) is 3.74. The lowest BCUT2D eigenvalue weighted by atomic mass is 10.1. The Balaban J connectivity index is 1.93. The van der Waals surface area contributed by atoms with Crippen LogP contribution in [0.5, 0.6) is 0 Å². The minimum absolute atomic E-state index is 0.283. The van der Waals surface area contributed by atoms with Gasteiger partial charge < -0.3 is 10.1 Å². The van der Waals surface area contributed by atoms with Crippen molar-refractivity contribution in [2.45, 2.75) is 13.8 Å². The zero-order valence-corrected chi connectivity index (χ0v) is 13.1. The molecular weight excluding hydrogens is 296 g/mol. The molecule has 0 spiro atoms. The second-order valence-electron chi connectivity index (χ2n) is 4.98. The first kappa shape index (κ1) is 16.2. The number of hydrogen-bond donors (Lipinski definition) is 1. The van der Waals surface area contributed by atoms with Crippen LogP contribution in [0.1, 0.15) is 27.3 Å². The third-order valence-electron chi connectivity index (χ3n) is 3.36. The lowest BCUT2D eigenvalue weighted by molar-refractivity contribution is -0.119. The lowest BCUT2D eigenvalue weighted by Gasteiger charge is -2.07. The Morgan fingerprint density at radius 1 is 1.30 bits per heavy atom. The summed E-state index contributed by atoms with van der Waals surface area (Å²) in [4.78, 5) is 23.7. The van der Waals surface area contributed by atoms with Gasteiger partial charge in [0.2, 0.25) is 0 Å². The van der Waals surface area contributed by atoms with Gasteiger partial charge in [-0.3, -0.25) is 9.48 Å². The molecule has 0 saturated heterocycles. The molecule has 0 aliphatic rings. The molecule has 0 unspecified atom stereocenters. The average Bonchev–Trinajstić information content (AvgIpc) is 2.79. The number of rotatable bonds is 4. The van der Waals surface area contributed by atoms with Crippen molar-refractivity contribution in [1.29, 1.82) is 5.26 Å². The molecule has 1 heterocycles. The molecule has 2 rings (SSSR count). The van der Waals surface area contributed by atoms with Gasteiger partial charge in [0.1, 0.15) is 0 Å². The zero-order valence-electron chi connectivity index (χ0n) is 13.1. The van der Waals surface area contributed by atoms with Crippen LogP contribution in [0.2, 0.25) is 0 Å². The quantitative estimate of drug-likeness (QED) is 0.867. The van der Waals surface area contributed by atoms with Gasteiger partial charge in [-0.05, 0) is 38.1 Å². The van der Waals surface area contributed by atoms with E-state index in [1.165, 1.54) is 24.3 Å². The van der Waals surface area contributed by atoms with E-state index in [9.17, 15) is 9.59 Å². The summed E-state index contributed by atoms with van der Waals surface area (Å²) in [6.45, 7) is 3.22. The maximum absolute atomic E-state index is 11.9. The van der Waals surface area contributed by atoms with Crippen LogP contribution in [0.25, 0.3) is 0 Å². The van der Waals surface area contributed by atoms with Crippen molar-refractivity contribution in [3.8, 4) is 6.07 Å². The largest absolute Gasteiger partial charge is 0.452 e. The van der Waals surface area contributed by atoms with Gasteiger partial charge in [0.25, 0.3) is 5.91 Å². The highest BCUT2D eigenvalue weighted by Crippen LogP contribution is 2.18. The number of aromatic nitrogens is 2. The first-order valence-electron chi connectivity index (χ1n) is 6.89. The molecule has 0 aliphatic carbocycles. The fourth-order valence-electron chi connectivity index (χ4n) is 2.03. The first-order chi connectivity index (χ1) is 10.9. The Kier molecular flexibility index (Phi) is 4.76. The normalized spacial score (nSPS) is 10.0. The second-order valence-corrected chi connectivity index (χ2v) is 4.98. The number of anilines is 1. The molecule has 118 valence electrons. The summed E-state index contributed by atoms with van der Waals surface area (Å²) >= 11 is 0. The monoisotopic (exact) mass is 312 g/mol. The zero-order chi connectivity index (χ0) is 17.0. The number of nitrogens with one attached hydrogen (secondary N) is 1. The molecule has 0 atom stereocenters. The smallest absolute Gasteiger partial charge is 0.338 e. The molecule has 2 aromatic rings. The topological polar surface area (TPSA) is 97.0 Å². The van der Waals surface area contributed by atoms with Crippen molar-refractivity contribution < 1.29 is 14.3 Å². The van der Waals surface area contributed by atoms with Crippen LogP contribution in [0.3, 0.4) is 0 Å². The fourth-order valence-corrected chi connectivity index (χ4v) is 2.03. The Labute approximate surface area is 133 Å². The minimum Gasteiger partial charge on any atom is -0.452 e. The molecule has 1 N–H and O–H groups in total. The van der Waals surface area contributed by atoms with Crippen LogP contribution >= 0.6 is 0 Å². The van der Waals surface area contributed by atoms with Crippen molar-refractivity contribution >= 4 is 17.6 Å². The number of esters is 1. The summed E-state index contributed by atoms with van der Waals surface area (Å²) in [5.41, 5.74) is 2.85. The van der Waals surface area contributed by atoms with E-state index in [0.717, 1.165) is 5.69 Å². The Morgan fingerprint density at radius 3 is 2.48 bits per heavy atom. The maximum atomic E-state index is 11.9. The van der Waals surface area contributed by atoms with Gasteiger partial charge in [-0.1, -0.05) is 0 Å². The first-order valence-corrected chi connectivity index (χ1v) is 6.89. The predicted octanol–water partition coefficient (Wildman–Crippen LogP) is 1.70. The third-order valence-corrected chi connectivity index (χ3v) is 3.36. The van der Waals surface area contributed by atoms with Crippen molar-refractivity contribution in [3.05, 3.63) is 46.8 Å². The molecule has 7 heteroatoms. The van der Waals surface area contributed by atoms with Gasteiger partial charge in [-0.2, -0.15) is 10.4 Å². The van der Waals surface area contributed by atoms with E-state index >= 15 is 0 Å². The van der Waals surface area contributed by atoms with Gasteiger partial charge in [0.15, 0.2) is 6.61 Å². The molecule has 23 heavy (non-hydrogen) atoms. The van der Waals surface area contributed by atoms with E-state index in [0.29, 0.717) is 16.9 Å². The molecule has 1 amide bonds. The Bertz CT molecular complexity index is 785. The maximum Gasteiger partial charge on any atom is 0.338 e. The number of hydrogen-bond acceptors (Lipinski definition) is 5. The summed E-state index contributed by atoms with van der Waals surface area (Å²) in [5, 5.41) is 15.6. The molecule has 1 aromatic heterocycles. The standard InChI is InChI=1S/C16H16N4O3/c1-10-15(11(2)20(3)19-10)18-14(21)9-23-16(22)13-6-4-12(8-17)5-7-13/h4-7H,9H2,1-3H3,(H,18,21). The van der Waals surface area contributed by atoms with Gasteiger partial charge in [0.05, 0.1) is 34.3 Å². The van der Waals surface area contributed by atoms with E-state index < -0.39 is 18.5 Å². The number of aryl methyl sites for hydroxylation is 2. The summed E-state index contributed by atoms with van der Waals surface area (Å²) in [7, 11) is 1.78. The van der Waals surface area contributed by atoms with E-state index in [4.69, 9.17) is 10.00 Å². The van der Waals surface area contributed by atoms with Crippen LogP contribution in [0.15, 0.2) is 24.3 Å². The van der Waals surface area contributed by atoms with Crippen LogP contribution in [0, 0.1) is 25.2 Å². The van der Waals surface area contributed by atoms with E-state index in [2.05, 4.69) is 10.4 Å². The molecule has 0 fully saturated rings. The lowest BCUT2D eigenvalue weighted by Crippen LogP contribution is -2.21. The summed E-state index contributed by atoms with van der Waals surface area (Å²) in [5.74, 6) is -1.06. The van der Waals surface area contributed by atoms with Gasteiger partial charge in [0, 0.05) is 7.05 Å². The van der Waals surface area contributed by atoms with Gasteiger partial charge in [-0.15, -0.1) is 0 Å². The minimum atomic E-state index is -0.621.